The molecule has 0 fully saturated rings. The van der Waals surface area contributed by atoms with Crippen LogP contribution in [0.5, 0.6) is 0 Å². The Labute approximate surface area is 106 Å². The zero-order valence-electron chi connectivity index (χ0n) is 10.1. The number of nitrogens with two attached hydrogens (primary N) is 1. The lowest BCUT2D eigenvalue weighted by molar-refractivity contribution is 0.856. The molecular formula is C13H16ClN3. The summed E-state index contributed by atoms with van der Waals surface area (Å²) in [5, 5.41) is 5.16. The molecule has 3 nitrogen and oxygen atoms in total. The summed E-state index contributed by atoms with van der Waals surface area (Å²) in [6.07, 6.45) is 0.760. The van der Waals surface area contributed by atoms with Crippen molar-refractivity contribution in [1.29, 1.82) is 0 Å². The minimum absolute atomic E-state index is 0.583. The van der Waals surface area contributed by atoms with Crippen molar-refractivity contribution in [3.05, 3.63) is 46.2 Å². The number of benzene rings is 1. The van der Waals surface area contributed by atoms with Crippen molar-refractivity contribution in [2.75, 3.05) is 6.54 Å². The van der Waals surface area contributed by atoms with Crippen molar-refractivity contribution in [3.63, 3.8) is 0 Å². The molecule has 1 aromatic carbocycles. The van der Waals surface area contributed by atoms with Gasteiger partial charge in [-0.05, 0) is 38.4 Å². The standard InChI is InChI=1S/C13H16ClN3/c1-9-5-3-4-6-12(9)17-13(14)11(7-8-15)10(2)16-17/h3-6H,7-8,15H2,1-2H3. The van der Waals surface area contributed by atoms with E-state index in [4.69, 9.17) is 17.3 Å². The van der Waals surface area contributed by atoms with E-state index in [9.17, 15) is 0 Å². The Balaban J connectivity index is 2.54. The van der Waals surface area contributed by atoms with E-state index in [2.05, 4.69) is 5.10 Å². The van der Waals surface area contributed by atoms with Crippen molar-refractivity contribution in [1.82, 2.24) is 9.78 Å². The van der Waals surface area contributed by atoms with Crippen molar-refractivity contribution < 1.29 is 0 Å². The molecule has 2 rings (SSSR count). The number of rotatable bonds is 3. The molecule has 0 unspecified atom stereocenters. The van der Waals surface area contributed by atoms with E-state index in [1.165, 1.54) is 0 Å². The lowest BCUT2D eigenvalue weighted by atomic mass is 10.2. The molecule has 1 aromatic heterocycles. The predicted octanol–water partition coefficient (Wildman–Crippen LogP) is 2.64. The summed E-state index contributed by atoms with van der Waals surface area (Å²) in [5.74, 6) is 0. The molecule has 0 aliphatic carbocycles. The predicted molar refractivity (Wildman–Crippen MR) is 70.8 cm³/mol. The average molecular weight is 250 g/mol. The molecule has 0 aliphatic heterocycles. The van der Waals surface area contributed by atoms with Crippen LogP contribution in [0.1, 0.15) is 16.8 Å². The Hall–Kier alpha value is -1.32. The van der Waals surface area contributed by atoms with Crippen LogP contribution in [0.3, 0.4) is 0 Å². The normalized spacial score (nSPS) is 10.8. The highest BCUT2D eigenvalue weighted by Gasteiger charge is 2.14. The van der Waals surface area contributed by atoms with Crippen LogP contribution < -0.4 is 5.73 Å². The van der Waals surface area contributed by atoms with Crippen LogP contribution in [0.25, 0.3) is 5.69 Å². The first-order valence-electron chi connectivity index (χ1n) is 5.65. The zero-order chi connectivity index (χ0) is 12.4. The fraction of sp³-hybridized carbons (Fsp3) is 0.308. The third-order valence-electron chi connectivity index (χ3n) is 2.86. The van der Waals surface area contributed by atoms with Gasteiger partial charge in [-0.25, -0.2) is 4.68 Å². The topological polar surface area (TPSA) is 43.8 Å². The SMILES string of the molecule is Cc1ccccc1-n1nc(C)c(CCN)c1Cl. The van der Waals surface area contributed by atoms with E-state index < -0.39 is 0 Å². The van der Waals surface area contributed by atoms with Gasteiger partial charge in [-0.3, -0.25) is 0 Å². The van der Waals surface area contributed by atoms with Crippen LogP contribution in [0.4, 0.5) is 0 Å². The molecule has 0 radical (unpaired) electrons. The molecule has 4 heteroatoms. The zero-order valence-corrected chi connectivity index (χ0v) is 10.8. The number of para-hydroxylation sites is 1. The van der Waals surface area contributed by atoms with E-state index >= 15 is 0 Å². The van der Waals surface area contributed by atoms with E-state index in [0.29, 0.717) is 11.7 Å². The minimum Gasteiger partial charge on any atom is -0.330 e. The number of hydrogen-bond acceptors (Lipinski definition) is 2. The number of aromatic nitrogens is 2. The van der Waals surface area contributed by atoms with E-state index in [-0.39, 0.29) is 0 Å². The van der Waals surface area contributed by atoms with Crippen LogP contribution in [-0.2, 0) is 6.42 Å². The lowest BCUT2D eigenvalue weighted by Gasteiger charge is -2.06. The fourth-order valence-corrected chi connectivity index (χ4v) is 2.28. The van der Waals surface area contributed by atoms with Crippen LogP contribution in [0, 0.1) is 13.8 Å². The molecule has 0 atom stereocenters. The van der Waals surface area contributed by atoms with Gasteiger partial charge < -0.3 is 5.73 Å². The van der Waals surface area contributed by atoms with Gasteiger partial charge in [0.15, 0.2) is 0 Å². The Morgan fingerprint density at radius 1 is 1.29 bits per heavy atom. The van der Waals surface area contributed by atoms with Gasteiger partial charge >= 0.3 is 0 Å². The van der Waals surface area contributed by atoms with E-state index in [1.807, 2.05) is 38.1 Å². The second-order valence-electron chi connectivity index (χ2n) is 4.09. The third-order valence-corrected chi connectivity index (χ3v) is 3.25. The molecule has 0 spiro atoms. The van der Waals surface area contributed by atoms with Crippen LogP contribution >= 0.6 is 11.6 Å². The number of aryl methyl sites for hydroxylation is 2. The number of nitrogens with zero attached hydrogens (tertiary/aromatic N) is 2. The van der Waals surface area contributed by atoms with Gasteiger partial charge in [-0.15, -0.1) is 0 Å². The van der Waals surface area contributed by atoms with Crippen molar-refractivity contribution in [3.8, 4) is 5.69 Å². The molecule has 2 aromatic rings. The van der Waals surface area contributed by atoms with Crippen molar-refractivity contribution in [2.24, 2.45) is 5.73 Å². The fourth-order valence-electron chi connectivity index (χ4n) is 1.92. The molecule has 2 N–H and O–H groups in total. The number of halogens is 1. The summed E-state index contributed by atoms with van der Waals surface area (Å²) in [6, 6.07) is 8.05. The first-order valence-corrected chi connectivity index (χ1v) is 6.03. The Kier molecular flexibility index (Phi) is 3.50. The highest BCUT2D eigenvalue weighted by atomic mass is 35.5. The smallest absolute Gasteiger partial charge is 0.136 e. The summed E-state index contributed by atoms with van der Waals surface area (Å²) >= 11 is 6.36. The van der Waals surface area contributed by atoms with E-state index in [1.54, 1.807) is 4.68 Å². The Bertz CT molecular complexity index is 531. The second-order valence-corrected chi connectivity index (χ2v) is 4.45. The van der Waals surface area contributed by atoms with Gasteiger partial charge in [0.2, 0.25) is 0 Å². The largest absolute Gasteiger partial charge is 0.330 e. The molecule has 0 saturated carbocycles. The maximum absolute atomic E-state index is 6.36. The highest BCUT2D eigenvalue weighted by Crippen LogP contribution is 2.25. The monoisotopic (exact) mass is 249 g/mol. The maximum atomic E-state index is 6.36. The van der Waals surface area contributed by atoms with Gasteiger partial charge in [-0.2, -0.15) is 5.10 Å². The van der Waals surface area contributed by atoms with E-state index in [0.717, 1.165) is 28.9 Å². The second kappa shape index (κ2) is 4.90. The van der Waals surface area contributed by atoms with Gasteiger partial charge in [0.25, 0.3) is 0 Å². The summed E-state index contributed by atoms with van der Waals surface area (Å²) in [6.45, 7) is 4.59. The first kappa shape index (κ1) is 12.1. The van der Waals surface area contributed by atoms with Gasteiger partial charge in [-0.1, -0.05) is 29.8 Å². The quantitative estimate of drug-likeness (QED) is 0.909. The Morgan fingerprint density at radius 2 is 2.00 bits per heavy atom. The van der Waals surface area contributed by atoms with Crippen LogP contribution in [-0.4, -0.2) is 16.3 Å². The van der Waals surface area contributed by atoms with Gasteiger partial charge in [0.05, 0.1) is 11.4 Å². The third kappa shape index (κ3) is 2.21. The average Bonchev–Trinajstić information content (AvgIpc) is 2.58. The Morgan fingerprint density at radius 3 is 2.65 bits per heavy atom. The molecule has 0 bridgehead atoms. The lowest BCUT2D eigenvalue weighted by Crippen LogP contribution is -2.03. The minimum atomic E-state index is 0.583. The van der Waals surface area contributed by atoms with Crippen LogP contribution in [0.15, 0.2) is 24.3 Å². The molecule has 0 amide bonds. The summed E-state index contributed by atoms with van der Waals surface area (Å²) in [7, 11) is 0. The van der Waals surface area contributed by atoms with Crippen molar-refractivity contribution >= 4 is 11.6 Å². The molecule has 17 heavy (non-hydrogen) atoms. The van der Waals surface area contributed by atoms with Gasteiger partial charge in [0.1, 0.15) is 5.15 Å². The molecule has 0 saturated heterocycles. The molecule has 1 heterocycles. The maximum Gasteiger partial charge on any atom is 0.136 e. The molecule has 90 valence electrons. The van der Waals surface area contributed by atoms with Crippen LogP contribution in [0.2, 0.25) is 5.15 Å². The molecule has 0 aliphatic rings. The molecular weight excluding hydrogens is 234 g/mol. The summed E-state index contributed by atoms with van der Waals surface area (Å²) in [4.78, 5) is 0. The van der Waals surface area contributed by atoms with Gasteiger partial charge in [0, 0.05) is 5.56 Å². The summed E-state index contributed by atoms with van der Waals surface area (Å²) in [5.41, 5.74) is 9.73. The van der Waals surface area contributed by atoms with Crippen molar-refractivity contribution in [2.45, 2.75) is 20.3 Å². The highest BCUT2D eigenvalue weighted by molar-refractivity contribution is 6.30. The summed E-state index contributed by atoms with van der Waals surface area (Å²) < 4.78 is 1.79. The first-order chi connectivity index (χ1) is 8.15. The number of hydrogen-bond donors (Lipinski definition) is 1.